The van der Waals surface area contributed by atoms with Crippen molar-refractivity contribution < 1.29 is 9.36 Å². The number of benzene rings is 2. The average molecular weight is 300 g/mol. The molecule has 0 aliphatic rings. The normalized spacial score (nSPS) is 12.2. The van der Waals surface area contributed by atoms with Gasteiger partial charge >= 0.3 is 0 Å². The summed E-state index contributed by atoms with van der Waals surface area (Å²) in [7, 11) is -2.48. The van der Waals surface area contributed by atoms with Crippen molar-refractivity contribution in [1.29, 1.82) is 0 Å². The third kappa shape index (κ3) is 3.16. The van der Waals surface area contributed by atoms with Crippen molar-refractivity contribution in [2.24, 2.45) is 0 Å². The third-order valence-corrected chi connectivity index (χ3v) is 5.39. The zero-order valence-corrected chi connectivity index (χ0v) is 14.0. The Bertz CT molecular complexity index is 694. The molecule has 0 amide bonds. The first-order valence-electron chi connectivity index (χ1n) is 7.20. The van der Waals surface area contributed by atoms with Gasteiger partial charge in [-0.25, -0.2) is 0 Å². The molecule has 0 spiro atoms. The van der Waals surface area contributed by atoms with Gasteiger partial charge in [-0.2, -0.15) is 0 Å². The van der Waals surface area contributed by atoms with E-state index in [4.69, 9.17) is 0 Å². The Balaban J connectivity index is 2.48. The minimum atomic E-state index is -2.48. The van der Waals surface area contributed by atoms with Crippen LogP contribution in [-0.2, 0) is 11.0 Å². The number of rotatable bonds is 4. The molecule has 110 valence electrons. The standard InChI is InChI=1S/C18H21O2P/c1-5-15-8-6-7-9-16(15)21(20)18(19)17-13(3)10-12(2)11-14(17)4/h6-11,21H,5H2,1-4H3. The van der Waals surface area contributed by atoms with Gasteiger partial charge in [-0.05, 0) is 43.9 Å². The van der Waals surface area contributed by atoms with Crippen LogP contribution in [0.15, 0.2) is 36.4 Å². The largest absolute Gasteiger partial charge is 0.313 e. The van der Waals surface area contributed by atoms with E-state index in [-0.39, 0.29) is 5.52 Å². The molecule has 0 aliphatic carbocycles. The van der Waals surface area contributed by atoms with Crippen LogP contribution in [-0.4, -0.2) is 5.52 Å². The van der Waals surface area contributed by atoms with Gasteiger partial charge in [-0.1, -0.05) is 48.9 Å². The van der Waals surface area contributed by atoms with E-state index in [1.807, 2.05) is 64.1 Å². The van der Waals surface area contributed by atoms with E-state index >= 15 is 0 Å². The molecule has 2 nitrogen and oxygen atoms in total. The molecule has 0 bridgehead atoms. The van der Waals surface area contributed by atoms with E-state index in [1.54, 1.807) is 0 Å². The third-order valence-electron chi connectivity index (χ3n) is 3.75. The molecule has 0 aliphatic heterocycles. The SMILES string of the molecule is CCc1ccccc1[PH](=O)C(=O)c1c(C)cc(C)cc1C. The molecule has 2 rings (SSSR count). The molecule has 0 saturated carbocycles. The van der Waals surface area contributed by atoms with Crippen LogP contribution in [0.1, 0.15) is 39.5 Å². The van der Waals surface area contributed by atoms with Gasteiger partial charge in [0, 0.05) is 10.9 Å². The zero-order chi connectivity index (χ0) is 15.6. The average Bonchev–Trinajstić information content (AvgIpc) is 2.45. The van der Waals surface area contributed by atoms with E-state index in [0.29, 0.717) is 10.9 Å². The minimum absolute atomic E-state index is 0.226. The first kappa shape index (κ1) is 15.7. The summed E-state index contributed by atoms with van der Waals surface area (Å²) in [5.74, 6) is 0. The Morgan fingerprint density at radius 3 is 2.19 bits per heavy atom. The predicted molar refractivity (Wildman–Crippen MR) is 89.4 cm³/mol. The highest BCUT2D eigenvalue weighted by Gasteiger charge is 2.21. The molecule has 0 fully saturated rings. The Morgan fingerprint density at radius 1 is 1.05 bits per heavy atom. The quantitative estimate of drug-likeness (QED) is 0.793. The number of hydrogen-bond donors (Lipinski definition) is 0. The molecule has 0 aromatic heterocycles. The fourth-order valence-corrected chi connectivity index (χ4v) is 4.49. The summed E-state index contributed by atoms with van der Waals surface area (Å²) in [5.41, 5.74) is 4.33. The molecule has 1 unspecified atom stereocenters. The van der Waals surface area contributed by atoms with Gasteiger partial charge in [0.2, 0.25) is 5.52 Å². The maximum Gasteiger partial charge on any atom is 0.223 e. The van der Waals surface area contributed by atoms with E-state index in [9.17, 15) is 9.36 Å². The van der Waals surface area contributed by atoms with Crippen LogP contribution >= 0.6 is 7.80 Å². The van der Waals surface area contributed by atoms with Crippen LogP contribution in [0, 0.1) is 20.8 Å². The van der Waals surface area contributed by atoms with Gasteiger partial charge in [0.1, 0.15) is 0 Å². The summed E-state index contributed by atoms with van der Waals surface area (Å²) >= 11 is 0. The first-order chi connectivity index (χ1) is 9.95. The molecule has 2 aromatic carbocycles. The van der Waals surface area contributed by atoms with Crippen molar-refractivity contribution in [1.82, 2.24) is 0 Å². The Hall–Kier alpha value is -1.66. The second-order valence-electron chi connectivity index (χ2n) is 5.44. The van der Waals surface area contributed by atoms with Crippen LogP contribution in [0.3, 0.4) is 0 Å². The van der Waals surface area contributed by atoms with E-state index < -0.39 is 7.80 Å². The van der Waals surface area contributed by atoms with Gasteiger partial charge in [-0.15, -0.1) is 0 Å². The summed E-state index contributed by atoms with van der Waals surface area (Å²) in [6.07, 6.45) is 0.783. The zero-order valence-electron chi connectivity index (χ0n) is 13.0. The highest BCUT2D eigenvalue weighted by Crippen LogP contribution is 2.31. The maximum atomic E-state index is 12.7. The smallest absolute Gasteiger partial charge is 0.223 e. The summed E-state index contributed by atoms with van der Waals surface area (Å²) in [6.45, 7) is 7.84. The van der Waals surface area contributed by atoms with Crippen molar-refractivity contribution in [2.75, 3.05) is 0 Å². The molecule has 0 radical (unpaired) electrons. The number of aryl methyl sites for hydroxylation is 4. The van der Waals surface area contributed by atoms with Crippen molar-refractivity contribution in [2.45, 2.75) is 34.1 Å². The second kappa shape index (κ2) is 6.41. The lowest BCUT2D eigenvalue weighted by atomic mass is 10.0. The van der Waals surface area contributed by atoms with Gasteiger partial charge in [0.05, 0.1) is 0 Å². The van der Waals surface area contributed by atoms with Crippen LogP contribution in [0.5, 0.6) is 0 Å². The molecule has 21 heavy (non-hydrogen) atoms. The van der Waals surface area contributed by atoms with Gasteiger partial charge < -0.3 is 4.57 Å². The van der Waals surface area contributed by atoms with E-state index in [1.165, 1.54) is 0 Å². The van der Waals surface area contributed by atoms with Crippen molar-refractivity contribution >= 4 is 18.6 Å². The Kier molecular flexibility index (Phi) is 4.80. The van der Waals surface area contributed by atoms with Gasteiger partial charge in [0.25, 0.3) is 0 Å². The summed E-state index contributed by atoms with van der Waals surface area (Å²) in [6, 6.07) is 11.5. The molecule has 0 heterocycles. The van der Waals surface area contributed by atoms with E-state index in [2.05, 4.69) is 0 Å². The second-order valence-corrected chi connectivity index (χ2v) is 7.09. The van der Waals surface area contributed by atoms with Crippen LogP contribution in [0.4, 0.5) is 0 Å². The highest BCUT2D eigenvalue weighted by molar-refractivity contribution is 7.71. The van der Waals surface area contributed by atoms with Crippen molar-refractivity contribution in [3.8, 4) is 0 Å². The van der Waals surface area contributed by atoms with E-state index in [0.717, 1.165) is 28.7 Å². The first-order valence-corrected chi connectivity index (χ1v) is 8.61. The highest BCUT2D eigenvalue weighted by atomic mass is 31.1. The number of hydrogen-bond acceptors (Lipinski definition) is 2. The Labute approximate surface area is 127 Å². The van der Waals surface area contributed by atoms with Crippen molar-refractivity contribution in [3.63, 3.8) is 0 Å². The van der Waals surface area contributed by atoms with Crippen LogP contribution < -0.4 is 5.30 Å². The summed E-state index contributed by atoms with van der Waals surface area (Å²) in [4.78, 5) is 12.7. The molecule has 0 N–H and O–H groups in total. The summed E-state index contributed by atoms with van der Waals surface area (Å²) < 4.78 is 12.7. The monoisotopic (exact) mass is 300 g/mol. The fraction of sp³-hybridized carbons (Fsp3) is 0.278. The van der Waals surface area contributed by atoms with Gasteiger partial charge in [-0.3, -0.25) is 4.79 Å². The molecular formula is C18H21O2P. The van der Waals surface area contributed by atoms with Crippen molar-refractivity contribution in [3.05, 3.63) is 64.2 Å². The molecule has 3 heteroatoms. The fourth-order valence-electron chi connectivity index (χ4n) is 2.82. The topological polar surface area (TPSA) is 34.1 Å². The Morgan fingerprint density at radius 2 is 1.62 bits per heavy atom. The summed E-state index contributed by atoms with van der Waals surface area (Å²) in [5, 5.41) is 0.703. The molecular weight excluding hydrogens is 279 g/mol. The van der Waals surface area contributed by atoms with Crippen LogP contribution in [0.2, 0.25) is 0 Å². The lowest BCUT2D eigenvalue weighted by Crippen LogP contribution is -2.11. The molecule has 2 aromatic rings. The lowest BCUT2D eigenvalue weighted by Gasteiger charge is -2.12. The lowest BCUT2D eigenvalue weighted by molar-refractivity contribution is 0.107. The minimum Gasteiger partial charge on any atom is -0.313 e. The predicted octanol–water partition coefficient (Wildman–Crippen LogP) is 4.20. The molecule has 0 saturated heterocycles. The molecule has 1 atom stereocenters. The van der Waals surface area contributed by atoms with Gasteiger partial charge in [0.15, 0.2) is 7.80 Å². The maximum absolute atomic E-state index is 12.7. The number of carbonyl (C=O) groups is 1. The number of carbonyl (C=O) groups excluding carboxylic acids is 1. The van der Waals surface area contributed by atoms with Crippen LogP contribution in [0.25, 0.3) is 0 Å².